The van der Waals surface area contributed by atoms with E-state index >= 15 is 0 Å². The summed E-state index contributed by atoms with van der Waals surface area (Å²) in [5.74, 6) is 0.221. The fourth-order valence-corrected chi connectivity index (χ4v) is 0.787. The number of rotatable bonds is 5. The van der Waals surface area contributed by atoms with Gasteiger partial charge in [0.05, 0.1) is 18.8 Å². The Morgan fingerprint density at radius 3 is 2.18 bits per heavy atom. The Morgan fingerprint density at radius 1 is 1.36 bits per heavy atom. The summed E-state index contributed by atoms with van der Waals surface area (Å²) in [5, 5.41) is 18.1. The first kappa shape index (κ1) is 10.9. The Kier molecular flexibility index (Phi) is 5.46. The van der Waals surface area contributed by atoms with Gasteiger partial charge in [-0.15, -0.1) is 0 Å². The van der Waals surface area contributed by atoms with Crippen molar-refractivity contribution in [2.45, 2.75) is 32.5 Å². The molecule has 11 heavy (non-hydrogen) atoms. The van der Waals surface area contributed by atoms with E-state index in [0.29, 0.717) is 6.42 Å². The highest BCUT2D eigenvalue weighted by atomic mass is 16.5. The average molecular weight is 162 g/mol. The molecule has 0 aromatic carbocycles. The van der Waals surface area contributed by atoms with E-state index in [1.165, 1.54) is 7.11 Å². The minimum Gasteiger partial charge on any atom is -0.394 e. The maximum absolute atomic E-state index is 9.37. The minimum atomic E-state index is -0.382. The molecule has 0 aliphatic heterocycles. The first-order valence-corrected chi connectivity index (χ1v) is 3.93. The first-order chi connectivity index (χ1) is 5.11. The Balaban J connectivity index is 3.62. The second-order valence-electron chi connectivity index (χ2n) is 3.09. The van der Waals surface area contributed by atoms with E-state index in [0.717, 1.165) is 0 Å². The number of aliphatic hydroxyl groups is 2. The third-order valence-electron chi connectivity index (χ3n) is 1.81. The van der Waals surface area contributed by atoms with Crippen LogP contribution in [0.2, 0.25) is 0 Å². The van der Waals surface area contributed by atoms with Crippen molar-refractivity contribution >= 4 is 0 Å². The zero-order valence-corrected chi connectivity index (χ0v) is 7.45. The van der Waals surface area contributed by atoms with Gasteiger partial charge in [0, 0.05) is 13.5 Å². The summed E-state index contributed by atoms with van der Waals surface area (Å²) < 4.78 is 4.91. The Bertz CT molecular complexity index is 89.3. The molecule has 0 amide bonds. The molecule has 0 bridgehead atoms. The van der Waals surface area contributed by atoms with Gasteiger partial charge in [-0.05, 0) is 5.92 Å². The minimum absolute atomic E-state index is 0.0275. The molecule has 3 nitrogen and oxygen atoms in total. The van der Waals surface area contributed by atoms with Crippen LogP contribution in [0.4, 0.5) is 0 Å². The predicted octanol–water partition coefficient (Wildman–Crippen LogP) is 0.401. The summed E-state index contributed by atoms with van der Waals surface area (Å²) in [6.07, 6.45) is -0.107. The molecule has 68 valence electrons. The molecule has 2 atom stereocenters. The lowest BCUT2D eigenvalue weighted by atomic mass is 10.0. The molecule has 0 rings (SSSR count). The van der Waals surface area contributed by atoms with Crippen molar-refractivity contribution in [1.29, 1.82) is 0 Å². The molecule has 0 aromatic heterocycles. The van der Waals surface area contributed by atoms with Crippen molar-refractivity contribution in [3.63, 3.8) is 0 Å². The summed E-state index contributed by atoms with van der Waals surface area (Å²) in [4.78, 5) is 0. The zero-order chi connectivity index (χ0) is 8.85. The largest absolute Gasteiger partial charge is 0.394 e. The smallest absolute Gasteiger partial charge is 0.0826 e. The van der Waals surface area contributed by atoms with Crippen molar-refractivity contribution in [1.82, 2.24) is 0 Å². The number of hydrogen-bond donors (Lipinski definition) is 2. The van der Waals surface area contributed by atoms with Crippen LogP contribution >= 0.6 is 0 Å². The van der Waals surface area contributed by atoms with E-state index in [2.05, 4.69) is 0 Å². The van der Waals surface area contributed by atoms with Crippen LogP contribution in [0, 0.1) is 5.92 Å². The van der Waals surface area contributed by atoms with Crippen molar-refractivity contribution in [3.8, 4) is 0 Å². The Morgan fingerprint density at radius 2 is 1.91 bits per heavy atom. The molecular weight excluding hydrogens is 144 g/mol. The predicted molar refractivity (Wildman–Crippen MR) is 43.3 cm³/mol. The quantitative estimate of drug-likeness (QED) is 0.615. The van der Waals surface area contributed by atoms with E-state index in [4.69, 9.17) is 9.84 Å². The second kappa shape index (κ2) is 5.52. The molecule has 0 fully saturated rings. The molecule has 0 aliphatic rings. The van der Waals surface area contributed by atoms with E-state index in [9.17, 15) is 5.11 Å². The first-order valence-electron chi connectivity index (χ1n) is 3.93. The van der Waals surface area contributed by atoms with Gasteiger partial charge < -0.3 is 14.9 Å². The van der Waals surface area contributed by atoms with Crippen LogP contribution in [0.5, 0.6) is 0 Å². The van der Waals surface area contributed by atoms with Crippen molar-refractivity contribution in [2.24, 2.45) is 5.92 Å². The van der Waals surface area contributed by atoms with Crippen LogP contribution in [-0.2, 0) is 4.74 Å². The Labute approximate surface area is 68.0 Å². The standard InChI is InChI=1S/C8H18O3/c1-6(2)8(10)4-7(5-9)11-3/h6-10H,4-5H2,1-3H3. The molecule has 0 saturated heterocycles. The Hall–Kier alpha value is -0.120. The highest BCUT2D eigenvalue weighted by Gasteiger charge is 2.15. The van der Waals surface area contributed by atoms with Crippen LogP contribution in [0.1, 0.15) is 20.3 Å². The molecule has 0 aromatic rings. The normalized spacial score (nSPS) is 16.9. The number of hydrogen-bond acceptors (Lipinski definition) is 3. The number of methoxy groups -OCH3 is 1. The SMILES string of the molecule is COC(CO)CC(O)C(C)C. The summed E-state index contributed by atoms with van der Waals surface area (Å²) in [5.41, 5.74) is 0. The molecule has 0 heterocycles. The van der Waals surface area contributed by atoms with Gasteiger partial charge in [-0.3, -0.25) is 0 Å². The molecule has 2 N–H and O–H groups in total. The van der Waals surface area contributed by atoms with E-state index < -0.39 is 0 Å². The molecule has 0 spiro atoms. The highest BCUT2D eigenvalue weighted by molar-refractivity contribution is 4.66. The number of ether oxygens (including phenoxy) is 1. The fraction of sp³-hybridized carbons (Fsp3) is 1.00. The lowest BCUT2D eigenvalue weighted by molar-refractivity contribution is -0.00213. The zero-order valence-electron chi connectivity index (χ0n) is 7.45. The summed E-state index contributed by atoms with van der Waals surface area (Å²) in [6.45, 7) is 3.85. The van der Waals surface area contributed by atoms with Crippen LogP contribution in [-0.4, -0.2) is 36.1 Å². The maximum atomic E-state index is 9.37. The average Bonchev–Trinajstić information content (AvgIpc) is 1.99. The second-order valence-corrected chi connectivity index (χ2v) is 3.09. The van der Waals surface area contributed by atoms with Gasteiger partial charge in [-0.25, -0.2) is 0 Å². The van der Waals surface area contributed by atoms with Crippen molar-refractivity contribution in [3.05, 3.63) is 0 Å². The van der Waals surface area contributed by atoms with Crippen molar-refractivity contribution < 1.29 is 14.9 Å². The van der Waals surface area contributed by atoms with Crippen LogP contribution < -0.4 is 0 Å². The third kappa shape index (κ3) is 4.35. The van der Waals surface area contributed by atoms with Gasteiger partial charge in [-0.2, -0.15) is 0 Å². The molecule has 0 aliphatic carbocycles. The summed E-state index contributed by atoms with van der Waals surface area (Å²) in [6, 6.07) is 0. The van der Waals surface area contributed by atoms with Gasteiger partial charge in [0.15, 0.2) is 0 Å². The maximum Gasteiger partial charge on any atom is 0.0826 e. The van der Waals surface area contributed by atoms with E-state index in [-0.39, 0.29) is 24.7 Å². The molecule has 3 heteroatoms. The lowest BCUT2D eigenvalue weighted by Crippen LogP contribution is -2.26. The van der Waals surface area contributed by atoms with Gasteiger partial charge in [0.1, 0.15) is 0 Å². The molecular formula is C8H18O3. The third-order valence-corrected chi connectivity index (χ3v) is 1.81. The van der Waals surface area contributed by atoms with Crippen LogP contribution in [0.25, 0.3) is 0 Å². The molecule has 0 radical (unpaired) electrons. The van der Waals surface area contributed by atoms with Crippen LogP contribution in [0.15, 0.2) is 0 Å². The summed E-state index contributed by atoms with van der Waals surface area (Å²) in [7, 11) is 1.54. The highest BCUT2D eigenvalue weighted by Crippen LogP contribution is 2.09. The van der Waals surface area contributed by atoms with Gasteiger partial charge in [0.25, 0.3) is 0 Å². The van der Waals surface area contributed by atoms with Crippen LogP contribution in [0.3, 0.4) is 0 Å². The van der Waals surface area contributed by atoms with E-state index in [1.807, 2.05) is 13.8 Å². The van der Waals surface area contributed by atoms with Gasteiger partial charge in [0.2, 0.25) is 0 Å². The molecule has 0 saturated carbocycles. The monoisotopic (exact) mass is 162 g/mol. The fourth-order valence-electron chi connectivity index (χ4n) is 0.787. The van der Waals surface area contributed by atoms with E-state index in [1.54, 1.807) is 0 Å². The van der Waals surface area contributed by atoms with Gasteiger partial charge >= 0.3 is 0 Å². The number of aliphatic hydroxyl groups excluding tert-OH is 2. The summed E-state index contributed by atoms with van der Waals surface area (Å²) >= 11 is 0. The molecule has 2 unspecified atom stereocenters. The van der Waals surface area contributed by atoms with Gasteiger partial charge in [-0.1, -0.05) is 13.8 Å². The van der Waals surface area contributed by atoms with Crippen molar-refractivity contribution in [2.75, 3.05) is 13.7 Å². The topological polar surface area (TPSA) is 49.7 Å². The lowest BCUT2D eigenvalue weighted by Gasteiger charge is -2.19.